The summed E-state index contributed by atoms with van der Waals surface area (Å²) in [6, 6.07) is 26.8. The summed E-state index contributed by atoms with van der Waals surface area (Å²) in [7, 11) is 2.16. The standard InChI is InChI=1S/C24H25NO2/c1-25-16-15-21(22-9-5-6-10-23(22)25)18-11-13-20(14-12-18)27-24(17-26)19-7-3-2-4-8-19/h2-14,21,24,26H,15-17H2,1H3. The van der Waals surface area contributed by atoms with Crippen LogP contribution in [0.3, 0.4) is 0 Å². The Morgan fingerprint density at radius 2 is 1.67 bits per heavy atom. The molecule has 1 aliphatic rings. The van der Waals surface area contributed by atoms with Gasteiger partial charge in [-0.05, 0) is 41.3 Å². The number of ether oxygens (including phenoxy) is 1. The summed E-state index contributed by atoms with van der Waals surface area (Å²) >= 11 is 0. The first-order valence-corrected chi connectivity index (χ1v) is 9.49. The van der Waals surface area contributed by atoms with Gasteiger partial charge in [0.2, 0.25) is 0 Å². The molecule has 0 aliphatic carbocycles. The largest absolute Gasteiger partial charge is 0.483 e. The van der Waals surface area contributed by atoms with E-state index in [2.05, 4.69) is 48.3 Å². The molecule has 2 atom stereocenters. The molecule has 0 saturated heterocycles. The molecule has 0 spiro atoms. The zero-order valence-electron chi connectivity index (χ0n) is 15.6. The molecule has 3 aromatic carbocycles. The lowest BCUT2D eigenvalue weighted by Crippen LogP contribution is -2.27. The summed E-state index contributed by atoms with van der Waals surface area (Å²) in [4.78, 5) is 2.33. The summed E-state index contributed by atoms with van der Waals surface area (Å²) in [5, 5.41) is 9.70. The van der Waals surface area contributed by atoms with Crippen LogP contribution in [-0.2, 0) is 0 Å². The number of hydrogen-bond acceptors (Lipinski definition) is 3. The van der Waals surface area contributed by atoms with Gasteiger partial charge in [0, 0.05) is 25.2 Å². The molecule has 0 saturated carbocycles. The maximum Gasteiger partial charge on any atom is 0.147 e. The zero-order valence-corrected chi connectivity index (χ0v) is 15.6. The molecule has 0 fully saturated rings. The highest BCUT2D eigenvalue weighted by Crippen LogP contribution is 2.39. The van der Waals surface area contributed by atoms with Crippen LogP contribution < -0.4 is 9.64 Å². The maximum atomic E-state index is 9.70. The Balaban J connectivity index is 1.54. The van der Waals surface area contributed by atoms with E-state index in [1.807, 2.05) is 42.5 Å². The van der Waals surface area contributed by atoms with Crippen LogP contribution in [0, 0.1) is 0 Å². The first kappa shape index (κ1) is 17.6. The van der Waals surface area contributed by atoms with Gasteiger partial charge in [-0.15, -0.1) is 0 Å². The van der Waals surface area contributed by atoms with Gasteiger partial charge < -0.3 is 14.7 Å². The van der Waals surface area contributed by atoms with Gasteiger partial charge >= 0.3 is 0 Å². The van der Waals surface area contributed by atoms with Crippen LogP contribution in [0.1, 0.15) is 35.1 Å². The van der Waals surface area contributed by atoms with Crippen molar-refractivity contribution >= 4 is 5.69 Å². The van der Waals surface area contributed by atoms with Crippen molar-refractivity contribution in [2.45, 2.75) is 18.4 Å². The molecule has 1 heterocycles. The predicted octanol–water partition coefficient (Wildman–Crippen LogP) is 4.77. The number of fused-ring (bicyclic) bond motifs is 1. The molecule has 1 N–H and O–H groups in total. The smallest absolute Gasteiger partial charge is 0.147 e. The fourth-order valence-electron chi connectivity index (χ4n) is 3.90. The van der Waals surface area contributed by atoms with E-state index in [1.54, 1.807) is 0 Å². The second-order valence-corrected chi connectivity index (χ2v) is 7.09. The predicted molar refractivity (Wildman–Crippen MR) is 110 cm³/mol. The highest BCUT2D eigenvalue weighted by molar-refractivity contribution is 5.59. The van der Waals surface area contributed by atoms with Crippen molar-refractivity contribution in [3.63, 3.8) is 0 Å². The molecule has 3 nitrogen and oxygen atoms in total. The van der Waals surface area contributed by atoms with Gasteiger partial charge in [-0.25, -0.2) is 0 Å². The van der Waals surface area contributed by atoms with E-state index in [-0.39, 0.29) is 12.7 Å². The Bertz CT molecular complexity index is 876. The van der Waals surface area contributed by atoms with E-state index in [1.165, 1.54) is 16.8 Å². The molecule has 4 rings (SSSR count). The molecule has 138 valence electrons. The minimum atomic E-state index is -0.346. The molecule has 3 aromatic rings. The molecule has 0 radical (unpaired) electrons. The Morgan fingerprint density at radius 1 is 0.963 bits per heavy atom. The minimum absolute atomic E-state index is 0.0475. The average Bonchev–Trinajstić information content (AvgIpc) is 2.74. The first-order valence-electron chi connectivity index (χ1n) is 9.49. The van der Waals surface area contributed by atoms with Crippen molar-refractivity contribution < 1.29 is 9.84 Å². The number of aliphatic hydroxyl groups is 1. The Morgan fingerprint density at radius 3 is 2.41 bits per heavy atom. The van der Waals surface area contributed by atoms with E-state index in [4.69, 9.17) is 4.74 Å². The third kappa shape index (κ3) is 3.69. The molecule has 3 heteroatoms. The Hall–Kier alpha value is -2.78. The van der Waals surface area contributed by atoms with Gasteiger partial charge in [0.05, 0.1) is 6.61 Å². The average molecular weight is 359 g/mol. The summed E-state index contributed by atoms with van der Waals surface area (Å²) in [5.41, 5.74) is 4.99. The highest BCUT2D eigenvalue weighted by Gasteiger charge is 2.24. The summed E-state index contributed by atoms with van der Waals surface area (Å²) in [6.07, 6.45) is 0.762. The number of aliphatic hydroxyl groups excluding tert-OH is 1. The van der Waals surface area contributed by atoms with Gasteiger partial charge in [0.1, 0.15) is 11.9 Å². The number of benzene rings is 3. The Kier molecular flexibility index (Phi) is 5.12. The van der Waals surface area contributed by atoms with Crippen molar-refractivity contribution in [2.75, 3.05) is 25.1 Å². The van der Waals surface area contributed by atoms with Crippen molar-refractivity contribution in [1.82, 2.24) is 0 Å². The number of hydrogen-bond donors (Lipinski definition) is 1. The molecule has 0 amide bonds. The molecule has 0 aromatic heterocycles. The number of para-hydroxylation sites is 1. The van der Waals surface area contributed by atoms with Crippen LogP contribution in [0.4, 0.5) is 5.69 Å². The summed E-state index contributed by atoms with van der Waals surface area (Å²) in [5.74, 6) is 1.19. The highest BCUT2D eigenvalue weighted by atomic mass is 16.5. The minimum Gasteiger partial charge on any atom is -0.483 e. The zero-order chi connectivity index (χ0) is 18.6. The summed E-state index contributed by atoms with van der Waals surface area (Å²) < 4.78 is 6.02. The normalized spacial score (nSPS) is 17.3. The second kappa shape index (κ2) is 7.85. The third-order valence-corrected chi connectivity index (χ3v) is 5.37. The van der Waals surface area contributed by atoms with Crippen LogP contribution in [0.25, 0.3) is 0 Å². The quantitative estimate of drug-likeness (QED) is 0.712. The molecule has 0 bridgehead atoms. The van der Waals surface area contributed by atoms with E-state index in [9.17, 15) is 5.11 Å². The number of nitrogens with zero attached hydrogens (tertiary/aromatic N) is 1. The lowest BCUT2D eigenvalue weighted by molar-refractivity contribution is 0.116. The van der Waals surface area contributed by atoms with Crippen molar-refractivity contribution in [3.8, 4) is 5.75 Å². The third-order valence-electron chi connectivity index (χ3n) is 5.37. The van der Waals surface area contributed by atoms with Gasteiger partial charge in [0.25, 0.3) is 0 Å². The van der Waals surface area contributed by atoms with Crippen molar-refractivity contribution in [1.29, 1.82) is 0 Å². The fourth-order valence-corrected chi connectivity index (χ4v) is 3.90. The van der Waals surface area contributed by atoms with E-state index < -0.39 is 0 Å². The number of rotatable bonds is 5. The molecular weight excluding hydrogens is 334 g/mol. The lowest BCUT2D eigenvalue weighted by atomic mass is 9.84. The molecule has 1 aliphatic heterocycles. The topological polar surface area (TPSA) is 32.7 Å². The summed E-state index contributed by atoms with van der Waals surface area (Å²) in [6.45, 7) is 1.01. The lowest BCUT2D eigenvalue weighted by Gasteiger charge is -2.33. The fraction of sp³-hybridized carbons (Fsp3) is 0.250. The van der Waals surface area contributed by atoms with Gasteiger partial charge in [-0.1, -0.05) is 60.7 Å². The van der Waals surface area contributed by atoms with Gasteiger partial charge in [-0.2, -0.15) is 0 Å². The molecule has 2 unspecified atom stereocenters. The monoisotopic (exact) mass is 359 g/mol. The van der Waals surface area contributed by atoms with Crippen LogP contribution in [-0.4, -0.2) is 25.3 Å². The molecule has 27 heavy (non-hydrogen) atoms. The van der Waals surface area contributed by atoms with Gasteiger partial charge in [-0.3, -0.25) is 0 Å². The van der Waals surface area contributed by atoms with Crippen LogP contribution in [0.15, 0.2) is 78.9 Å². The van der Waals surface area contributed by atoms with Crippen LogP contribution in [0.2, 0.25) is 0 Å². The SMILES string of the molecule is CN1CCC(c2ccc(OC(CO)c3ccccc3)cc2)c2ccccc21. The van der Waals surface area contributed by atoms with Crippen molar-refractivity contribution in [2.24, 2.45) is 0 Å². The number of anilines is 1. The van der Waals surface area contributed by atoms with E-state index >= 15 is 0 Å². The van der Waals surface area contributed by atoms with E-state index in [0.29, 0.717) is 5.92 Å². The molecular formula is C24H25NO2. The first-order chi connectivity index (χ1) is 13.3. The van der Waals surface area contributed by atoms with Crippen molar-refractivity contribution in [3.05, 3.63) is 95.6 Å². The van der Waals surface area contributed by atoms with Crippen LogP contribution in [0.5, 0.6) is 5.75 Å². The van der Waals surface area contributed by atoms with Crippen LogP contribution >= 0.6 is 0 Å². The second-order valence-electron chi connectivity index (χ2n) is 7.09. The Labute approximate surface area is 160 Å². The van der Waals surface area contributed by atoms with Gasteiger partial charge in [0.15, 0.2) is 0 Å². The maximum absolute atomic E-state index is 9.70. The van der Waals surface area contributed by atoms with E-state index in [0.717, 1.165) is 24.3 Å².